The van der Waals surface area contributed by atoms with Crippen molar-refractivity contribution in [3.05, 3.63) is 17.7 Å². The van der Waals surface area contributed by atoms with E-state index >= 15 is 0 Å². The topological polar surface area (TPSA) is 44.1 Å². The lowest BCUT2D eigenvalue weighted by atomic mass is 10.2. The number of imidazole rings is 1. The second-order valence-corrected chi connectivity index (χ2v) is 5.44. The summed E-state index contributed by atoms with van der Waals surface area (Å²) in [6, 6.07) is 0. The molecule has 0 saturated carbocycles. The van der Waals surface area contributed by atoms with E-state index in [1.807, 2.05) is 20.8 Å². The molecule has 1 aromatic rings. The van der Waals surface area contributed by atoms with Gasteiger partial charge in [-0.1, -0.05) is 22.9 Å². The molecule has 0 amide bonds. The highest BCUT2D eigenvalue weighted by Crippen LogP contribution is 2.13. The SMILES string of the molecule is CCCc1nc(CBr)cn1C(=O)OC(C)(C)C. The first kappa shape index (κ1) is 14.2. The van der Waals surface area contributed by atoms with Gasteiger partial charge in [0, 0.05) is 17.9 Å². The maximum absolute atomic E-state index is 12.0. The van der Waals surface area contributed by atoms with Gasteiger partial charge in [0.1, 0.15) is 11.4 Å². The quantitative estimate of drug-likeness (QED) is 0.803. The first-order valence-corrected chi connectivity index (χ1v) is 6.86. The third kappa shape index (κ3) is 4.15. The Balaban J connectivity index is 2.94. The minimum atomic E-state index is -0.487. The number of nitrogens with zero attached hydrogens (tertiary/aromatic N) is 2. The number of halogens is 1. The van der Waals surface area contributed by atoms with Crippen molar-refractivity contribution in [3.8, 4) is 0 Å². The Hall–Kier alpha value is -0.840. The fraction of sp³-hybridized carbons (Fsp3) is 0.667. The zero-order valence-corrected chi connectivity index (χ0v) is 12.4. The summed E-state index contributed by atoms with van der Waals surface area (Å²) in [5.41, 5.74) is 0.360. The third-order valence-electron chi connectivity index (χ3n) is 2.03. The van der Waals surface area contributed by atoms with Gasteiger partial charge in [0.2, 0.25) is 0 Å². The number of aryl methyl sites for hydroxylation is 1. The van der Waals surface area contributed by atoms with E-state index in [1.165, 1.54) is 4.57 Å². The van der Waals surface area contributed by atoms with Gasteiger partial charge in [-0.2, -0.15) is 0 Å². The fourth-order valence-electron chi connectivity index (χ4n) is 1.41. The van der Waals surface area contributed by atoms with Crippen molar-refractivity contribution in [1.29, 1.82) is 0 Å². The Morgan fingerprint density at radius 2 is 2.18 bits per heavy atom. The number of hydrogen-bond acceptors (Lipinski definition) is 3. The van der Waals surface area contributed by atoms with Crippen LogP contribution < -0.4 is 0 Å². The number of carbonyl (C=O) groups is 1. The summed E-state index contributed by atoms with van der Waals surface area (Å²) in [7, 11) is 0. The number of rotatable bonds is 3. The molecule has 4 nitrogen and oxygen atoms in total. The molecule has 17 heavy (non-hydrogen) atoms. The first-order valence-electron chi connectivity index (χ1n) is 5.74. The van der Waals surface area contributed by atoms with Crippen molar-refractivity contribution in [1.82, 2.24) is 9.55 Å². The van der Waals surface area contributed by atoms with Crippen LogP contribution in [0.1, 0.15) is 45.6 Å². The monoisotopic (exact) mass is 302 g/mol. The van der Waals surface area contributed by atoms with Crippen LogP contribution in [0.4, 0.5) is 4.79 Å². The molecule has 0 fully saturated rings. The van der Waals surface area contributed by atoms with E-state index in [9.17, 15) is 4.79 Å². The molecule has 5 heteroatoms. The summed E-state index contributed by atoms with van der Waals surface area (Å²) in [6.07, 6.45) is 3.09. The van der Waals surface area contributed by atoms with Crippen molar-refractivity contribution >= 4 is 22.0 Å². The molecule has 0 spiro atoms. The molecule has 0 unspecified atom stereocenters. The zero-order chi connectivity index (χ0) is 13.1. The summed E-state index contributed by atoms with van der Waals surface area (Å²) in [5.74, 6) is 0.760. The molecular weight excluding hydrogens is 284 g/mol. The highest BCUT2D eigenvalue weighted by molar-refractivity contribution is 9.08. The minimum Gasteiger partial charge on any atom is -0.443 e. The second-order valence-electron chi connectivity index (χ2n) is 4.88. The molecule has 0 bridgehead atoms. The van der Waals surface area contributed by atoms with Crippen LogP contribution >= 0.6 is 15.9 Å². The molecule has 0 aliphatic rings. The van der Waals surface area contributed by atoms with Crippen molar-refractivity contribution < 1.29 is 9.53 Å². The van der Waals surface area contributed by atoms with Gasteiger partial charge < -0.3 is 4.74 Å². The average molecular weight is 303 g/mol. The molecular formula is C12H19BrN2O2. The Kier molecular flexibility index (Phi) is 4.74. The molecule has 1 aromatic heterocycles. The molecule has 0 aliphatic carbocycles. The fourth-order valence-corrected chi connectivity index (χ4v) is 1.68. The van der Waals surface area contributed by atoms with Gasteiger partial charge in [0.25, 0.3) is 0 Å². The van der Waals surface area contributed by atoms with Gasteiger partial charge in [-0.25, -0.2) is 14.3 Å². The predicted octanol–water partition coefficient (Wildman–Crippen LogP) is 3.51. The average Bonchev–Trinajstić information content (AvgIpc) is 2.59. The van der Waals surface area contributed by atoms with Crippen LogP contribution in [0.25, 0.3) is 0 Å². The van der Waals surface area contributed by atoms with Gasteiger partial charge in [-0.3, -0.25) is 0 Å². The lowest BCUT2D eigenvalue weighted by Crippen LogP contribution is -2.27. The van der Waals surface area contributed by atoms with Gasteiger partial charge in [-0.15, -0.1) is 0 Å². The number of hydrogen-bond donors (Lipinski definition) is 0. The molecule has 0 radical (unpaired) electrons. The molecule has 0 saturated heterocycles. The van der Waals surface area contributed by atoms with Gasteiger partial charge in [-0.05, 0) is 27.2 Å². The summed E-state index contributed by atoms with van der Waals surface area (Å²) < 4.78 is 6.84. The van der Waals surface area contributed by atoms with E-state index in [4.69, 9.17) is 4.74 Å². The minimum absolute atomic E-state index is 0.361. The number of aromatic nitrogens is 2. The summed E-state index contributed by atoms with van der Waals surface area (Å²) in [6.45, 7) is 7.62. The van der Waals surface area contributed by atoms with Crippen LogP contribution in [-0.4, -0.2) is 21.2 Å². The van der Waals surface area contributed by atoms with Crippen LogP contribution in [0.5, 0.6) is 0 Å². The summed E-state index contributed by atoms with van der Waals surface area (Å²) in [5, 5.41) is 0.638. The standard InChI is InChI=1S/C12H19BrN2O2/c1-5-6-10-14-9(7-13)8-15(10)11(16)17-12(2,3)4/h8H,5-7H2,1-4H3. The second kappa shape index (κ2) is 5.67. The van der Waals surface area contributed by atoms with Crippen LogP contribution in [-0.2, 0) is 16.5 Å². The van der Waals surface area contributed by atoms with E-state index in [0.717, 1.165) is 24.4 Å². The Morgan fingerprint density at radius 1 is 1.53 bits per heavy atom. The van der Waals surface area contributed by atoms with Crippen molar-refractivity contribution in [2.75, 3.05) is 0 Å². The Bertz CT molecular complexity index is 394. The number of carbonyl (C=O) groups excluding carboxylic acids is 1. The highest BCUT2D eigenvalue weighted by atomic mass is 79.9. The zero-order valence-electron chi connectivity index (χ0n) is 10.8. The normalized spacial score (nSPS) is 11.6. The molecule has 0 aliphatic heterocycles. The van der Waals surface area contributed by atoms with E-state index in [1.54, 1.807) is 6.20 Å². The molecule has 96 valence electrons. The molecule has 1 rings (SSSR count). The van der Waals surface area contributed by atoms with Crippen LogP contribution in [0, 0.1) is 0 Å². The van der Waals surface area contributed by atoms with Crippen LogP contribution in [0.15, 0.2) is 6.20 Å². The maximum atomic E-state index is 12.0. The molecule has 0 atom stereocenters. The van der Waals surface area contributed by atoms with Crippen LogP contribution in [0.2, 0.25) is 0 Å². The first-order chi connectivity index (χ1) is 7.87. The van der Waals surface area contributed by atoms with Crippen molar-refractivity contribution in [2.45, 2.75) is 51.5 Å². The largest absolute Gasteiger partial charge is 0.443 e. The molecule has 0 aromatic carbocycles. The summed E-state index contributed by atoms with van der Waals surface area (Å²) in [4.78, 5) is 16.4. The summed E-state index contributed by atoms with van der Waals surface area (Å²) >= 11 is 3.34. The van der Waals surface area contributed by atoms with Crippen molar-refractivity contribution in [3.63, 3.8) is 0 Å². The lowest BCUT2D eigenvalue weighted by molar-refractivity contribution is 0.0531. The van der Waals surface area contributed by atoms with E-state index in [-0.39, 0.29) is 6.09 Å². The van der Waals surface area contributed by atoms with Gasteiger partial charge in [0.15, 0.2) is 0 Å². The highest BCUT2D eigenvalue weighted by Gasteiger charge is 2.20. The molecule has 1 heterocycles. The van der Waals surface area contributed by atoms with E-state index in [0.29, 0.717) is 5.33 Å². The van der Waals surface area contributed by atoms with Crippen LogP contribution in [0.3, 0.4) is 0 Å². The predicted molar refractivity (Wildman–Crippen MR) is 70.5 cm³/mol. The smallest absolute Gasteiger partial charge is 0.419 e. The van der Waals surface area contributed by atoms with E-state index < -0.39 is 5.60 Å². The Labute approximate surface area is 110 Å². The van der Waals surface area contributed by atoms with E-state index in [2.05, 4.69) is 27.8 Å². The molecule has 0 N–H and O–H groups in total. The number of ether oxygens (including phenoxy) is 1. The Morgan fingerprint density at radius 3 is 2.65 bits per heavy atom. The lowest BCUT2D eigenvalue weighted by Gasteiger charge is -2.19. The van der Waals surface area contributed by atoms with Gasteiger partial charge in [0.05, 0.1) is 5.69 Å². The third-order valence-corrected chi connectivity index (χ3v) is 2.60. The number of alkyl halides is 1. The maximum Gasteiger partial charge on any atom is 0.419 e. The van der Waals surface area contributed by atoms with Gasteiger partial charge >= 0.3 is 6.09 Å². The van der Waals surface area contributed by atoms with Crippen molar-refractivity contribution in [2.24, 2.45) is 0 Å².